The normalized spacial score (nSPS) is 10.6. The van der Waals surface area contributed by atoms with Crippen LogP contribution in [-0.2, 0) is 17.0 Å². The maximum absolute atomic E-state index is 11.9. The van der Waals surface area contributed by atoms with Gasteiger partial charge in [0, 0.05) is 11.1 Å². The highest BCUT2D eigenvalue weighted by Crippen LogP contribution is 2.20. The summed E-state index contributed by atoms with van der Waals surface area (Å²) in [5.74, 6) is 1.11. The number of thioether (sulfide) groups is 1. The van der Waals surface area contributed by atoms with Crippen LogP contribution in [0.5, 0.6) is 0 Å². The molecule has 0 radical (unpaired) electrons. The Morgan fingerprint density at radius 1 is 1.45 bits per heavy atom. The van der Waals surface area contributed by atoms with Crippen molar-refractivity contribution in [1.29, 1.82) is 0 Å². The zero-order valence-corrected chi connectivity index (χ0v) is 13.5. The fraction of sp³-hybridized carbons (Fsp3) is 0.308. The highest BCUT2D eigenvalue weighted by Gasteiger charge is 2.09. The van der Waals surface area contributed by atoms with Crippen LogP contribution in [0.2, 0.25) is 5.02 Å². The van der Waals surface area contributed by atoms with E-state index in [4.69, 9.17) is 11.6 Å². The monoisotopic (exact) mass is 327 g/mol. The summed E-state index contributed by atoms with van der Waals surface area (Å²) in [5, 5.41) is 6.24. The van der Waals surface area contributed by atoms with Gasteiger partial charge in [0.1, 0.15) is 5.82 Å². The van der Waals surface area contributed by atoms with E-state index < -0.39 is 0 Å². The maximum Gasteiger partial charge on any atom is 0.231 e. The first-order chi connectivity index (χ1) is 9.58. The number of rotatable bonds is 5. The van der Waals surface area contributed by atoms with E-state index in [0.29, 0.717) is 16.6 Å². The zero-order chi connectivity index (χ0) is 14.5. The van der Waals surface area contributed by atoms with Crippen LogP contribution in [0, 0.1) is 6.92 Å². The number of hydrogen-bond donors (Lipinski definition) is 1. The molecule has 1 N–H and O–H groups in total. The number of pyridine rings is 1. The number of aryl methyl sites for hydroxylation is 1. The van der Waals surface area contributed by atoms with Gasteiger partial charge in [0.25, 0.3) is 0 Å². The number of halogens is 1. The molecule has 4 nitrogen and oxygen atoms in total. The molecule has 1 amide bonds. The van der Waals surface area contributed by atoms with Crippen LogP contribution in [0.25, 0.3) is 0 Å². The smallest absolute Gasteiger partial charge is 0.231 e. The molecule has 7 heteroatoms. The van der Waals surface area contributed by atoms with Crippen LogP contribution in [0.3, 0.4) is 0 Å². The molecule has 0 atom stereocenters. The highest BCUT2D eigenvalue weighted by molar-refractivity contribution is 7.97. The Kier molecular flexibility index (Phi) is 5.39. The average Bonchev–Trinajstić information content (AvgIpc) is 2.79. The summed E-state index contributed by atoms with van der Waals surface area (Å²) in [4.78, 5) is 20.5. The minimum atomic E-state index is -0.125. The second kappa shape index (κ2) is 7.06. The van der Waals surface area contributed by atoms with Crippen LogP contribution >= 0.6 is 34.7 Å². The number of carbonyl (C=O) groups excluding carboxylic acids is 1. The zero-order valence-electron chi connectivity index (χ0n) is 11.1. The molecule has 2 heterocycles. The fourth-order valence-electron chi connectivity index (χ4n) is 1.63. The molecule has 2 aromatic rings. The van der Waals surface area contributed by atoms with Gasteiger partial charge in [0.2, 0.25) is 5.91 Å². The SMILES string of the molecule is CSCc1nc(NC(=O)Cc2csc(C)n2)ccc1Cl. The summed E-state index contributed by atoms with van der Waals surface area (Å²) < 4.78 is 0. The van der Waals surface area contributed by atoms with Gasteiger partial charge in [-0.25, -0.2) is 9.97 Å². The van der Waals surface area contributed by atoms with E-state index in [-0.39, 0.29) is 12.3 Å². The number of nitrogens with zero attached hydrogens (tertiary/aromatic N) is 2. The first kappa shape index (κ1) is 15.3. The molecule has 0 fully saturated rings. The molecular weight excluding hydrogens is 314 g/mol. The summed E-state index contributed by atoms with van der Waals surface area (Å²) in [6.07, 6.45) is 2.24. The standard InChI is InChI=1S/C13H14ClN3OS2/c1-8-15-9(6-20-8)5-13(18)17-12-4-3-10(14)11(16-12)7-19-2/h3-4,6H,5,7H2,1-2H3,(H,16,17,18). The van der Waals surface area contributed by atoms with Gasteiger partial charge in [-0.05, 0) is 25.3 Å². The fourth-order valence-corrected chi connectivity index (χ4v) is 2.99. The van der Waals surface area contributed by atoms with Gasteiger partial charge in [0.05, 0.1) is 27.8 Å². The van der Waals surface area contributed by atoms with Crippen molar-refractivity contribution in [1.82, 2.24) is 9.97 Å². The van der Waals surface area contributed by atoms with E-state index in [1.54, 1.807) is 23.9 Å². The number of carbonyl (C=O) groups is 1. The van der Waals surface area contributed by atoms with E-state index in [0.717, 1.165) is 16.4 Å². The molecule has 0 aliphatic carbocycles. The molecule has 2 aromatic heterocycles. The van der Waals surface area contributed by atoms with Gasteiger partial charge < -0.3 is 5.32 Å². The first-order valence-corrected chi connectivity index (χ1v) is 8.59. The number of hydrogen-bond acceptors (Lipinski definition) is 5. The minimum Gasteiger partial charge on any atom is -0.310 e. The average molecular weight is 328 g/mol. The van der Waals surface area contributed by atoms with Crippen LogP contribution < -0.4 is 5.32 Å². The lowest BCUT2D eigenvalue weighted by Crippen LogP contribution is -2.16. The van der Waals surface area contributed by atoms with Crippen molar-refractivity contribution < 1.29 is 4.79 Å². The molecule has 0 saturated carbocycles. The van der Waals surface area contributed by atoms with E-state index in [1.807, 2.05) is 18.6 Å². The van der Waals surface area contributed by atoms with E-state index in [2.05, 4.69) is 15.3 Å². The molecule has 20 heavy (non-hydrogen) atoms. The molecule has 106 valence electrons. The van der Waals surface area contributed by atoms with Crippen molar-refractivity contribution >= 4 is 46.4 Å². The summed E-state index contributed by atoms with van der Waals surface area (Å²) in [6.45, 7) is 1.92. The highest BCUT2D eigenvalue weighted by atomic mass is 35.5. The van der Waals surface area contributed by atoms with Gasteiger partial charge >= 0.3 is 0 Å². The quantitative estimate of drug-likeness (QED) is 0.912. The predicted octanol–water partition coefficient (Wildman–Crippen LogP) is 3.54. The van der Waals surface area contributed by atoms with Crippen molar-refractivity contribution in [2.24, 2.45) is 0 Å². The Morgan fingerprint density at radius 2 is 2.25 bits per heavy atom. The summed E-state index contributed by atoms with van der Waals surface area (Å²) >= 11 is 9.22. The third-order valence-electron chi connectivity index (χ3n) is 2.48. The lowest BCUT2D eigenvalue weighted by Gasteiger charge is -2.07. The number of anilines is 1. The topological polar surface area (TPSA) is 54.9 Å². The molecule has 0 aromatic carbocycles. The maximum atomic E-state index is 11.9. The Morgan fingerprint density at radius 3 is 2.90 bits per heavy atom. The first-order valence-electron chi connectivity index (χ1n) is 5.93. The Hall–Kier alpha value is -1.11. The second-order valence-corrected chi connectivity index (χ2v) is 6.48. The van der Waals surface area contributed by atoms with Crippen LogP contribution in [0.1, 0.15) is 16.4 Å². The van der Waals surface area contributed by atoms with Gasteiger partial charge in [-0.3, -0.25) is 4.79 Å². The molecule has 0 aliphatic heterocycles. The van der Waals surface area contributed by atoms with Gasteiger partial charge in [-0.1, -0.05) is 11.6 Å². The Balaban J connectivity index is 2.02. The summed E-state index contributed by atoms with van der Waals surface area (Å²) in [5.41, 5.74) is 1.56. The summed E-state index contributed by atoms with van der Waals surface area (Å²) in [7, 11) is 0. The molecule has 0 spiro atoms. The van der Waals surface area contributed by atoms with Crippen molar-refractivity contribution in [3.8, 4) is 0 Å². The van der Waals surface area contributed by atoms with E-state index >= 15 is 0 Å². The third-order valence-corrected chi connectivity index (χ3v) is 4.20. The lowest BCUT2D eigenvalue weighted by molar-refractivity contribution is -0.115. The van der Waals surface area contributed by atoms with Gasteiger partial charge in [0.15, 0.2) is 0 Å². The molecular formula is C13H14ClN3OS2. The van der Waals surface area contributed by atoms with Crippen LogP contribution in [-0.4, -0.2) is 22.1 Å². The largest absolute Gasteiger partial charge is 0.310 e. The molecule has 0 aliphatic rings. The van der Waals surface area contributed by atoms with Crippen LogP contribution in [0.4, 0.5) is 5.82 Å². The lowest BCUT2D eigenvalue weighted by atomic mass is 10.3. The molecule has 0 unspecified atom stereocenters. The minimum absolute atomic E-state index is 0.125. The third kappa shape index (κ3) is 4.19. The van der Waals surface area contributed by atoms with Crippen molar-refractivity contribution in [2.45, 2.75) is 19.1 Å². The number of thiazole rings is 1. The number of amides is 1. The number of nitrogens with one attached hydrogen (secondary N) is 1. The molecule has 0 bridgehead atoms. The molecule has 2 rings (SSSR count). The van der Waals surface area contributed by atoms with Crippen molar-refractivity contribution in [3.63, 3.8) is 0 Å². The van der Waals surface area contributed by atoms with E-state index in [1.165, 1.54) is 11.3 Å². The van der Waals surface area contributed by atoms with Crippen molar-refractivity contribution in [3.05, 3.63) is 38.9 Å². The number of aromatic nitrogens is 2. The van der Waals surface area contributed by atoms with Crippen molar-refractivity contribution in [2.75, 3.05) is 11.6 Å². The summed E-state index contributed by atoms with van der Waals surface area (Å²) in [6, 6.07) is 3.46. The van der Waals surface area contributed by atoms with Gasteiger partial charge in [-0.2, -0.15) is 11.8 Å². The Bertz CT molecular complexity index is 615. The predicted molar refractivity (Wildman–Crippen MR) is 85.7 cm³/mol. The van der Waals surface area contributed by atoms with E-state index in [9.17, 15) is 4.79 Å². The second-order valence-electron chi connectivity index (χ2n) is 4.14. The molecule has 0 saturated heterocycles. The Labute approximate surface area is 131 Å². The van der Waals surface area contributed by atoms with Gasteiger partial charge in [-0.15, -0.1) is 11.3 Å². The van der Waals surface area contributed by atoms with Crippen LogP contribution in [0.15, 0.2) is 17.5 Å².